The lowest BCUT2D eigenvalue weighted by atomic mass is 10.0. The van der Waals surface area contributed by atoms with Gasteiger partial charge in [-0.25, -0.2) is 9.69 Å². The minimum atomic E-state index is -0.542. The van der Waals surface area contributed by atoms with Crippen LogP contribution in [0.25, 0.3) is 16.8 Å². The van der Waals surface area contributed by atoms with Gasteiger partial charge in [-0.05, 0) is 71.7 Å². The largest absolute Gasteiger partial charge is 0.490 e. The second-order valence-corrected chi connectivity index (χ2v) is 9.41. The van der Waals surface area contributed by atoms with Crippen LogP contribution in [0.3, 0.4) is 0 Å². The molecule has 0 aromatic heterocycles. The normalized spacial score (nSPS) is 14.1. The van der Waals surface area contributed by atoms with Crippen molar-refractivity contribution in [2.75, 3.05) is 11.5 Å². The van der Waals surface area contributed by atoms with E-state index in [1.807, 2.05) is 37.3 Å². The fraction of sp³-hybridized carbons (Fsp3) is 0.125. The van der Waals surface area contributed by atoms with E-state index in [0.717, 1.165) is 26.8 Å². The standard InChI is InChI=1S/C32H27ClN2O4/c1-3-9-23-16-21(17-28-31(36)35(32(37)34-28)26-14-8-13-25(33)19-26)18-29(38-4-2)30(23)39-20-24-12-7-11-22-10-5-6-15-27(22)24/h3,5-8,10-19H,1,4,9,20H2,2H3,(H,34,37)/b28-17+. The lowest BCUT2D eigenvalue weighted by Gasteiger charge is -2.17. The molecule has 0 radical (unpaired) electrons. The molecule has 0 aliphatic carbocycles. The molecule has 1 saturated heterocycles. The van der Waals surface area contributed by atoms with E-state index in [-0.39, 0.29) is 5.70 Å². The molecular weight excluding hydrogens is 512 g/mol. The number of nitrogens with zero attached hydrogens (tertiary/aromatic N) is 1. The van der Waals surface area contributed by atoms with Gasteiger partial charge >= 0.3 is 6.03 Å². The molecular formula is C32H27ClN2O4. The van der Waals surface area contributed by atoms with Crippen molar-refractivity contribution < 1.29 is 19.1 Å². The highest BCUT2D eigenvalue weighted by atomic mass is 35.5. The number of nitrogens with one attached hydrogen (secondary N) is 1. The van der Waals surface area contributed by atoms with Crippen molar-refractivity contribution in [2.24, 2.45) is 0 Å². The lowest BCUT2D eigenvalue weighted by Crippen LogP contribution is -2.30. The van der Waals surface area contributed by atoms with Crippen LogP contribution in [0.4, 0.5) is 10.5 Å². The molecule has 7 heteroatoms. The molecule has 196 valence electrons. The van der Waals surface area contributed by atoms with E-state index >= 15 is 0 Å². The minimum Gasteiger partial charge on any atom is -0.490 e. The highest BCUT2D eigenvalue weighted by molar-refractivity contribution is 6.32. The number of amides is 3. The Labute approximate surface area is 232 Å². The molecule has 1 N–H and O–H groups in total. The Bertz CT molecular complexity index is 1610. The summed E-state index contributed by atoms with van der Waals surface area (Å²) in [6, 6.07) is 24.1. The summed E-state index contributed by atoms with van der Waals surface area (Å²) < 4.78 is 12.3. The van der Waals surface area contributed by atoms with E-state index in [2.05, 4.69) is 36.2 Å². The molecule has 0 bridgehead atoms. The molecule has 39 heavy (non-hydrogen) atoms. The number of anilines is 1. The molecule has 1 fully saturated rings. The molecule has 0 atom stereocenters. The number of halogens is 1. The summed E-state index contributed by atoms with van der Waals surface area (Å²) in [7, 11) is 0. The summed E-state index contributed by atoms with van der Waals surface area (Å²) in [6.07, 6.45) is 3.95. The van der Waals surface area contributed by atoms with Gasteiger partial charge in [0.2, 0.25) is 0 Å². The molecule has 0 spiro atoms. The summed E-state index contributed by atoms with van der Waals surface area (Å²) in [6.45, 7) is 6.58. The number of allylic oxidation sites excluding steroid dienone is 1. The van der Waals surface area contributed by atoms with Crippen LogP contribution in [0.1, 0.15) is 23.6 Å². The van der Waals surface area contributed by atoms with Crippen LogP contribution in [0.15, 0.2) is 97.2 Å². The Morgan fingerprint density at radius 1 is 0.949 bits per heavy atom. The number of rotatable bonds is 9. The molecule has 0 unspecified atom stereocenters. The number of carbonyl (C=O) groups excluding carboxylic acids is 2. The zero-order chi connectivity index (χ0) is 27.4. The highest BCUT2D eigenvalue weighted by Crippen LogP contribution is 2.36. The van der Waals surface area contributed by atoms with Gasteiger partial charge in [-0.1, -0.05) is 66.2 Å². The smallest absolute Gasteiger partial charge is 0.333 e. The van der Waals surface area contributed by atoms with Crippen LogP contribution in [-0.2, 0) is 17.8 Å². The van der Waals surface area contributed by atoms with Crippen molar-refractivity contribution in [3.63, 3.8) is 0 Å². The average molecular weight is 539 g/mol. The molecule has 6 nitrogen and oxygen atoms in total. The Hall–Kier alpha value is -4.55. The average Bonchev–Trinajstić information content (AvgIpc) is 3.20. The number of carbonyl (C=O) groups is 2. The summed E-state index contributed by atoms with van der Waals surface area (Å²) in [4.78, 5) is 26.9. The van der Waals surface area contributed by atoms with Gasteiger partial charge in [0.1, 0.15) is 12.3 Å². The summed E-state index contributed by atoms with van der Waals surface area (Å²) in [5.74, 6) is 0.698. The number of ether oxygens (including phenoxy) is 2. The van der Waals surface area contributed by atoms with Crippen molar-refractivity contribution in [1.29, 1.82) is 0 Å². The monoisotopic (exact) mass is 538 g/mol. The number of hydrogen-bond acceptors (Lipinski definition) is 4. The second kappa shape index (κ2) is 11.5. The van der Waals surface area contributed by atoms with Crippen LogP contribution in [-0.4, -0.2) is 18.5 Å². The van der Waals surface area contributed by atoms with Crippen LogP contribution in [0.2, 0.25) is 5.02 Å². The highest BCUT2D eigenvalue weighted by Gasteiger charge is 2.35. The minimum absolute atomic E-state index is 0.149. The first-order valence-electron chi connectivity index (χ1n) is 12.6. The van der Waals surface area contributed by atoms with E-state index in [1.54, 1.807) is 36.4 Å². The van der Waals surface area contributed by atoms with Crippen LogP contribution >= 0.6 is 11.6 Å². The van der Waals surface area contributed by atoms with Crippen LogP contribution < -0.4 is 19.7 Å². The fourth-order valence-electron chi connectivity index (χ4n) is 4.62. The number of imide groups is 1. The van der Waals surface area contributed by atoms with Crippen molar-refractivity contribution in [3.05, 3.63) is 119 Å². The van der Waals surface area contributed by atoms with Gasteiger partial charge in [0.25, 0.3) is 5.91 Å². The maximum Gasteiger partial charge on any atom is 0.333 e. The maximum absolute atomic E-state index is 13.1. The zero-order valence-corrected chi connectivity index (χ0v) is 22.2. The van der Waals surface area contributed by atoms with Gasteiger partial charge in [-0.3, -0.25) is 4.79 Å². The van der Waals surface area contributed by atoms with Gasteiger partial charge in [-0.15, -0.1) is 6.58 Å². The predicted octanol–water partition coefficient (Wildman–Crippen LogP) is 7.30. The molecule has 3 amide bonds. The molecule has 1 aliphatic rings. The van der Waals surface area contributed by atoms with E-state index in [1.165, 1.54) is 0 Å². The third kappa shape index (κ3) is 5.52. The van der Waals surface area contributed by atoms with Gasteiger partial charge < -0.3 is 14.8 Å². The molecule has 4 aromatic carbocycles. The first-order valence-corrected chi connectivity index (χ1v) is 13.0. The van der Waals surface area contributed by atoms with Crippen LogP contribution in [0.5, 0.6) is 11.5 Å². The quantitative estimate of drug-likeness (QED) is 0.138. The number of benzene rings is 4. The number of fused-ring (bicyclic) bond motifs is 1. The van der Waals surface area contributed by atoms with E-state index in [0.29, 0.717) is 47.4 Å². The lowest BCUT2D eigenvalue weighted by molar-refractivity contribution is -0.113. The summed E-state index contributed by atoms with van der Waals surface area (Å²) >= 11 is 6.07. The second-order valence-electron chi connectivity index (χ2n) is 8.97. The Morgan fingerprint density at radius 3 is 2.54 bits per heavy atom. The predicted molar refractivity (Wildman–Crippen MR) is 155 cm³/mol. The zero-order valence-electron chi connectivity index (χ0n) is 21.4. The van der Waals surface area contributed by atoms with E-state index < -0.39 is 11.9 Å². The summed E-state index contributed by atoms with van der Waals surface area (Å²) in [5.41, 5.74) is 3.15. The maximum atomic E-state index is 13.1. The SMILES string of the molecule is C=CCc1cc(/C=C2/NC(=O)N(c3cccc(Cl)c3)C2=O)cc(OCC)c1OCc1cccc2ccccc12. The van der Waals surface area contributed by atoms with Crippen molar-refractivity contribution in [1.82, 2.24) is 5.32 Å². The molecule has 1 aliphatic heterocycles. The van der Waals surface area contributed by atoms with Crippen molar-refractivity contribution in [2.45, 2.75) is 20.0 Å². The topological polar surface area (TPSA) is 67.9 Å². The first-order chi connectivity index (χ1) is 19.0. The van der Waals surface area contributed by atoms with Gasteiger partial charge in [-0.2, -0.15) is 0 Å². The Morgan fingerprint density at radius 2 is 1.74 bits per heavy atom. The molecule has 0 saturated carbocycles. The summed E-state index contributed by atoms with van der Waals surface area (Å²) in [5, 5.41) is 5.37. The van der Waals surface area contributed by atoms with Gasteiger partial charge in [0.15, 0.2) is 11.5 Å². The number of hydrogen-bond donors (Lipinski definition) is 1. The van der Waals surface area contributed by atoms with Crippen LogP contribution in [0, 0.1) is 0 Å². The first kappa shape index (κ1) is 26.1. The molecule has 5 rings (SSSR count). The van der Waals surface area contributed by atoms with Crippen molar-refractivity contribution >= 4 is 46.1 Å². The van der Waals surface area contributed by atoms with E-state index in [4.69, 9.17) is 21.1 Å². The molecule has 4 aromatic rings. The van der Waals surface area contributed by atoms with Crippen molar-refractivity contribution in [3.8, 4) is 11.5 Å². The third-order valence-electron chi connectivity index (χ3n) is 6.33. The molecule has 1 heterocycles. The number of urea groups is 1. The van der Waals surface area contributed by atoms with E-state index in [9.17, 15) is 9.59 Å². The van der Waals surface area contributed by atoms with Gasteiger partial charge in [0.05, 0.1) is 12.3 Å². The Kier molecular flexibility index (Phi) is 7.66. The van der Waals surface area contributed by atoms with Gasteiger partial charge in [0, 0.05) is 10.6 Å². The fourth-order valence-corrected chi connectivity index (χ4v) is 4.80. The Balaban J connectivity index is 1.48. The third-order valence-corrected chi connectivity index (χ3v) is 6.56.